The predicted molar refractivity (Wildman–Crippen MR) is 121 cm³/mol. The average Bonchev–Trinajstić information content (AvgIpc) is 3.13. The van der Waals surface area contributed by atoms with Crippen LogP contribution in [0.4, 0.5) is 10.5 Å². The Hall–Kier alpha value is -4.00. The van der Waals surface area contributed by atoms with Crippen LogP contribution in [0.5, 0.6) is 0 Å². The number of amides is 3. The summed E-state index contributed by atoms with van der Waals surface area (Å²) in [4.78, 5) is 29.5. The Bertz CT molecular complexity index is 1370. The number of aromatic nitrogens is 2. The molecule has 3 N–H and O–H groups in total. The number of carbonyl (C=O) groups is 2. The number of H-pyrrole nitrogens is 1. The number of urea groups is 1. The molecule has 0 spiro atoms. The molecule has 1 aliphatic heterocycles. The zero-order chi connectivity index (χ0) is 21.5. The fourth-order valence-corrected chi connectivity index (χ4v) is 4.17. The molecule has 0 saturated carbocycles. The molecule has 1 aliphatic rings. The van der Waals surface area contributed by atoms with Crippen molar-refractivity contribution >= 4 is 45.0 Å². The smallest absolute Gasteiger partial charge is 0.328 e. The maximum Gasteiger partial charge on any atom is 0.341 e. The molecule has 2 unspecified atom stereocenters. The summed E-state index contributed by atoms with van der Waals surface area (Å²) >= 11 is 0. The largest absolute Gasteiger partial charge is 0.341 e. The van der Waals surface area contributed by atoms with Gasteiger partial charge in [0.15, 0.2) is 0 Å². The lowest BCUT2D eigenvalue weighted by molar-refractivity contribution is -0.118. The van der Waals surface area contributed by atoms with E-state index in [2.05, 4.69) is 25.8 Å². The quantitative estimate of drug-likeness (QED) is 0.463. The van der Waals surface area contributed by atoms with Crippen LogP contribution in [0, 0.1) is 12.8 Å². The van der Waals surface area contributed by atoms with Crippen molar-refractivity contribution < 1.29 is 9.59 Å². The Labute approximate surface area is 178 Å². The van der Waals surface area contributed by atoms with E-state index in [0.717, 1.165) is 32.9 Å². The molecule has 2 atom stereocenters. The number of aryl methyl sites for hydroxylation is 1. The van der Waals surface area contributed by atoms with E-state index in [9.17, 15) is 9.59 Å². The second-order valence-corrected chi connectivity index (χ2v) is 7.83. The van der Waals surface area contributed by atoms with E-state index in [-0.39, 0.29) is 5.91 Å². The van der Waals surface area contributed by atoms with E-state index in [4.69, 9.17) is 0 Å². The van der Waals surface area contributed by atoms with Crippen molar-refractivity contribution in [2.45, 2.75) is 19.9 Å². The van der Waals surface area contributed by atoms with Crippen molar-refractivity contribution in [2.75, 3.05) is 5.32 Å². The van der Waals surface area contributed by atoms with Crippen LogP contribution in [-0.2, 0) is 4.79 Å². The number of anilines is 1. The normalized spacial score (nSPS) is 18.6. The monoisotopic (exact) mass is 411 g/mol. The number of aromatic amines is 1. The number of fused-ring (bicyclic) bond motifs is 2. The summed E-state index contributed by atoms with van der Waals surface area (Å²) in [6.07, 6.45) is 0. The molecule has 3 amide bonds. The van der Waals surface area contributed by atoms with Crippen LogP contribution in [0.1, 0.15) is 24.2 Å². The third kappa shape index (κ3) is 3.44. The topological polar surface area (TPSA) is 99.2 Å². The van der Waals surface area contributed by atoms with Crippen molar-refractivity contribution in [1.29, 1.82) is 0 Å². The lowest BCUT2D eigenvalue weighted by Crippen LogP contribution is -2.45. The van der Waals surface area contributed by atoms with Crippen LogP contribution in [0.2, 0.25) is 0 Å². The summed E-state index contributed by atoms with van der Waals surface area (Å²) in [6, 6.07) is 18.6. The fourth-order valence-electron chi connectivity index (χ4n) is 4.17. The van der Waals surface area contributed by atoms with Gasteiger partial charge in [-0.1, -0.05) is 36.4 Å². The zero-order valence-corrected chi connectivity index (χ0v) is 17.1. The van der Waals surface area contributed by atoms with Gasteiger partial charge in [-0.15, -0.1) is 0 Å². The van der Waals surface area contributed by atoms with E-state index in [1.807, 2.05) is 67.6 Å². The molecule has 0 fully saturated rings. The average molecular weight is 411 g/mol. The molecular formula is C24H21N5O2. The van der Waals surface area contributed by atoms with Crippen molar-refractivity contribution in [2.24, 2.45) is 10.9 Å². The van der Waals surface area contributed by atoms with Gasteiger partial charge in [0.25, 0.3) is 0 Å². The van der Waals surface area contributed by atoms with Gasteiger partial charge >= 0.3 is 6.03 Å². The maximum absolute atomic E-state index is 13.3. The van der Waals surface area contributed by atoms with Gasteiger partial charge in [-0.3, -0.25) is 9.89 Å². The first kappa shape index (κ1) is 19.0. The first-order valence-corrected chi connectivity index (χ1v) is 10.1. The maximum atomic E-state index is 13.3. The molecule has 0 saturated heterocycles. The Morgan fingerprint density at radius 1 is 1.00 bits per heavy atom. The highest BCUT2D eigenvalue weighted by Gasteiger charge is 2.37. The van der Waals surface area contributed by atoms with Crippen molar-refractivity contribution in [3.8, 4) is 0 Å². The van der Waals surface area contributed by atoms with Crippen molar-refractivity contribution in [3.63, 3.8) is 0 Å². The van der Waals surface area contributed by atoms with E-state index in [1.54, 1.807) is 6.92 Å². The van der Waals surface area contributed by atoms with Crippen LogP contribution in [-0.4, -0.2) is 27.8 Å². The molecule has 7 nitrogen and oxygen atoms in total. The molecule has 0 bridgehead atoms. The third-order valence-electron chi connectivity index (χ3n) is 5.77. The third-order valence-corrected chi connectivity index (χ3v) is 5.77. The number of aliphatic imine (C=N–C) groups is 1. The van der Waals surface area contributed by atoms with Gasteiger partial charge in [0.1, 0.15) is 5.92 Å². The molecule has 5 rings (SSSR count). The molecule has 0 radical (unpaired) electrons. The number of nitrogens with zero attached hydrogens (tertiary/aromatic N) is 2. The van der Waals surface area contributed by atoms with E-state index in [1.165, 1.54) is 0 Å². The van der Waals surface area contributed by atoms with Gasteiger partial charge in [-0.05, 0) is 54.4 Å². The summed E-state index contributed by atoms with van der Waals surface area (Å²) < 4.78 is 0. The highest BCUT2D eigenvalue weighted by Crippen LogP contribution is 2.31. The minimum atomic E-state index is -0.625. The predicted octanol–water partition coefficient (Wildman–Crippen LogP) is 4.50. The number of nitrogens with one attached hydrogen (secondary N) is 3. The number of carbonyl (C=O) groups excluding carboxylic acids is 2. The lowest BCUT2D eigenvalue weighted by Gasteiger charge is -2.30. The highest BCUT2D eigenvalue weighted by atomic mass is 16.2. The SMILES string of the molecule is CC1=NC(=O)NC(c2ccc3ccccc3c2)C1C(=O)Nc1ccc2n[nH]c(C)c2c1. The van der Waals surface area contributed by atoms with Crippen molar-refractivity contribution in [3.05, 3.63) is 71.9 Å². The molecule has 7 heteroatoms. The van der Waals surface area contributed by atoms with Crippen LogP contribution in [0.3, 0.4) is 0 Å². The molecule has 3 aromatic carbocycles. The summed E-state index contributed by atoms with van der Waals surface area (Å²) in [5, 5.41) is 16.1. The summed E-state index contributed by atoms with van der Waals surface area (Å²) in [7, 11) is 0. The molecular weight excluding hydrogens is 390 g/mol. The van der Waals surface area contributed by atoms with E-state index >= 15 is 0 Å². The van der Waals surface area contributed by atoms with Gasteiger partial charge in [0.2, 0.25) is 5.91 Å². The number of hydrogen-bond acceptors (Lipinski definition) is 3. The molecule has 31 heavy (non-hydrogen) atoms. The molecule has 2 heterocycles. The summed E-state index contributed by atoms with van der Waals surface area (Å²) in [6.45, 7) is 3.66. The Kier molecular flexibility index (Phi) is 4.51. The first-order chi connectivity index (χ1) is 15.0. The molecule has 4 aromatic rings. The zero-order valence-electron chi connectivity index (χ0n) is 17.1. The molecule has 0 aliphatic carbocycles. The molecule has 154 valence electrons. The van der Waals surface area contributed by atoms with Gasteiger partial charge in [0, 0.05) is 22.5 Å². The minimum absolute atomic E-state index is 0.222. The highest BCUT2D eigenvalue weighted by molar-refractivity contribution is 6.13. The van der Waals surface area contributed by atoms with E-state index in [0.29, 0.717) is 11.4 Å². The fraction of sp³-hybridized carbons (Fsp3) is 0.167. The lowest BCUT2D eigenvalue weighted by atomic mass is 9.86. The van der Waals surface area contributed by atoms with Gasteiger partial charge in [-0.2, -0.15) is 5.10 Å². The summed E-state index contributed by atoms with van der Waals surface area (Å²) in [5.41, 5.74) is 3.79. The number of rotatable bonds is 3. The van der Waals surface area contributed by atoms with Crippen LogP contribution >= 0.6 is 0 Å². The van der Waals surface area contributed by atoms with E-state index < -0.39 is 18.0 Å². The van der Waals surface area contributed by atoms with Gasteiger partial charge < -0.3 is 10.6 Å². The minimum Gasteiger partial charge on any atom is -0.328 e. The van der Waals surface area contributed by atoms with Gasteiger partial charge in [-0.25, -0.2) is 9.79 Å². The Morgan fingerprint density at radius 3 is 2.65 bits per heavy atom. The second-order valence-electron chi connectivity index (χ2n) is 7.83. The number of hydrogen-bond donors (Lipinski definition) is 3. The van der Waals surface area contributed by atoms with Crippen molar-refractivity contribution in [1.82, 2.24) is 15.5 Å². The van der Waals surface area contributed by atoms with Crippen LogP contribution in [0.25, 0.3) is 21.7 Å². The second kappa shape index (κ2) is 7.36. The van der Waals surface area contributed by atoms with Crippen LogP contribution in [0.15, 0.2) is 65.7 Å². The summed E-state index contributed by atoms with van der Waals surface area (Å²) in [5.74, 6) is -0.847. The Morgan fingerprint density at radius 2 is 1.81 bits per heavy atom. The number of benzene rings is 3. The molecule has 1 aromatic heterocycles. The van der Waals surface area contributed by atoms with Gasteiger partial charge in [0.05, 0.1) is 11.6 Å². The Balaban J connectivity index is 1.49. The standard InChI is InChI=1S/C24H21N5O2/c1-13-19-12-18(9-10-20(19)29-28-13)26-23(30)21-14(2)25-24(31)27-22(21)17-8-7-15-5-3-4-6-16(15)11-17/h3-12,21-22H,1-2H3,(H,26,30)(H,27,31)(H,28,29). The van der Waals surface area contributed by atoms with Crippen LogP contribution < -0.4 is 10.6 Å². The first-order valence-electron chi connectivity index (χ1n) is 10.1.